The maximum absolute atomic E-state index is 6.18. The monoisotopic (exact) mass is 320 g/mol. The van der Waals surface area contributed by atoms with Crippen LogP contribution >= 0.6 is 23.2 Å². The van der Waals surface area contributed by atoms with Crippen LogP contribution in [0.25, 0.3) is 0 Å². The third kappa shape index (κ3) is 2.95. The molecule has 0 spiro atoms. The van der Waals surface area contributed by atoms with Gasteiger partial charge in [-0.2, -0.15) is 0 Å². The van der Waals surface area contributed by atoms with Gasteiger partial charge < -0.3 is 5.73 Å². The van der Waals surface area contributed by atoms with Crippen molar-refractivity contribution in [2.45, 2.75) is 24.8 Å². The summed E-state index contributed by atoms with van der Waals surface area (Å²) in [6, 6.07) is 14.8. The van der Waals surface area contributed by atoms with Crippen molar-refractivity contribution in [3.8, 4) is 0 Å². The first kappa shape index (κ1) is 14.9. The van der Waals surface area contributed by atoms with E-state index in [1.807, 2.05) is 12.1 Å². The summed E-state index contributed by atoms with van der Waals surface area (Å²) >= 11 is 12.2. The lowest BCUT2D eigenvalue weighted by Crippen LogP contribution is -2.31. The number of hydrogen-bond donors (Lipinski definition) is 2. The zero-order valence-corrected chi connectivity index (χ0v) is 13.2. The number of benzene rings is 2. The van der Waals surface area contributed by atoms with Crippen molar-refractivity contribution in [3.63, 3.8) is 0 Å². The Hall–Kier alpha value is -1.06. The van der Waals surface area contributed by atoms with Crippen LogP contribution in [0, 0.1) is 0 Å². The maximum atomic E-state index is 6.18. The van der Waals surface area contributed by atoms with Gasteiger partial charge in [0.1, 0.15) is 0 Å². The Morgan fingerprint density at radius 2 is 1.76 bits per heavy atom. The van der Waals surface area contributed by atoms with Gasteiger partial charge in [0.05, 0.1) is 10.0 Å². The van der Waals surface area contributed by atoms with Gasteiger partial charge in [-0.1, -0.05) is 53.5 Å². The van der Waals surface area contributed by atoms with E-state index in [9.17, 15) is 0 Å². The number of nitrogens with two attached hydrogens (primary N) is 1. The molecule has 0 saturated carbocycles. The first-order valence-electron chi connectivity index (χ1n) is 7.18. The van der Waals surface area contributed by atoms with Gasteiger partial charge in [0.25, 0.3) is 0 Å². The average Bonchev–Trinajstić information content (AvgIpc) is 2.51. The molecule has 0 bridgehead atoms. The lowest BCUT2D eigenvalue weighted by Gasteiger charge is -2.32. The quantitative estimate of drug-likeness (QED) is 0.819. The molecule has 110 valence electrons. The Bertz CT molecular complexity index is 642. The maximum Gasteiger partial charge on any atom is 0.0595 e. The summed E-state index contributed by atoms with van der Waals surface area (Å²) < 4.78 is 0. The van der Waals surface area contributed by atoms with Gasteiger partial charge >= 0.3 is 0 Å². The van der Waals surface area contributed by atoms with Gasteiger partial charge in [-0.15, -0.1) is 0 Å². The van der Waals surface area contributed by atoms with Crippen LogP contribution in [0.5, 0.6) is 0 Å². The second-order valence-corrected chi connectivity index (χ2v) is 6.21. The molecule has 0 aromatic heterocycles. The predicted octanol–water partition coefficient (Wildman–Crippen LogP) is 4.47. The molecule has 3 N–H and O–H groups in total. The third-order valence-electron chi connectivity index (χ3n) is 4.20. The zero-order valence-electron chi connectivity index (χ0n) is 11.7. The normalized spacial score (nSPS) is 21.1. The van der Waals surface area contributed by atoms with Crippen molar-refractivity contribution in [1.82, 2.24) is 5.32 Å². The van der Waals surface area contributed by atoms with E-state index in [-0.39, 0.29) is 0 Å². The van der Waals surface area contributed by atoms with Crippen LogP contribution in [0.15, 0.2) is 42.5 Å². The largest absolute Gasteiger partial charge is 0.318 e. The Morgan fingerprint density at radius 1 is 1.00 bits per heavy atom. The highest BCUT2D eigenvalue weighted by atomic mass is 35.5. The van der Waals surface area contributed by atoms with Crippen LogP contribution in [0.4, 0.5) is 0 Å². The van der Waals surface area contributed by atoms with E-state index in [1.165, 1.54) is 16.7 Å². The van der Waals surface area contributed by atoms with Gasteiger partial charge in [0.2, 0.25) is 0 Å². The molecule has 3 rings (SSSR count). The molecular formula is C17H18Cl2N2. The van der Waals surface area contributed by atoms with Crippen LogP contribution in [-0.4, -0.2) is 6.67 Å². The standard InChI is InChI=1S/C17H18Cl2N2/c18-15-7-5-11(9-16(15)19)12-6-8-17(21-10-20)14-4-2-1-3-13(12)14/h1-5,7,9,12,17,21H,6,8,10,20H2/t12-,17-/m0/s1. The molecule has 0 unspecified atom stereocenters. The number of fused-ring (bicyclic) bond motifs is 1. The van der Waals surface area contributed by atoms with Crippen molar-refractivity contribution in [2.24, 2.45) is 5.73 Å². The highest BCUT2D eigenvalue weighted by Crippen LogP contribution is 2.42. The summed E-state index contributed by atoms with van der Waals surface area (Å²) in [6.45, 7) is 0.496. The highest BCUT2D eigenvalue weighted by molar-refractivity contribution is 6.42. The minimum atomic E-state index is 0.338. The van der Waals surface area contributed by atoms with E-state index < -0.39 is 0 Å². The number of halogens is 2. The molecule has 0 fully saturated rings. The third-order valence-corrected chi connectivity index (χ3v) is 4.94. The van der Waals surface area contributed by atoms with Crippen LogP contribution in [-0.2, 0) is 0 Å². The molecule has 0 heterocycles. The zero-order chi connectivity index (χ0) is 14.8. The fourth-order valence-corrected chi connectivity index (χ4v) is 3.53. The van der Waals surface area contributed by atoms with E-state index in [4.69, 9.17) is 28.9 Å². The molecule has 1 aliphatic carbocycles. The summed E-state index contributed by atoms with van der Waals surface area (Å²) in [5, 5.41) is 4.59. The topological polar surface area (TPSA) is 38.0 Å². The predicted molar refractivity (Wildman–Crippen MR) is 88.9 cm³/mol. The van der Waals surface area contributed by atoms with Gasteiger partial charge in [0.15, 0.2) is 0 Å². The Balaban J connectivity index is 2.00. The smallest absolute Gasteiger partial charge is 0.0595 e. The first-order valence-corrected chi connectivity index (χ1v) is 7.93. The molecule has 4 heteroatoms. The minimum Gasteiger partial charge on any atom is -0.318 e. The molecule has 2 aromatic rings. The van der Waals surface area contributed by atoms with E-state index in [0.717, 1.165) is 12.8 Å². The number of rotatable bonds is 3. The fourth-order valence-electron chi connectivity index (χ4n) is 3.22. The second kappa shape index (κ2) is 6.37. The Morgan fingerprint density at radius 3 is 2.48 bits per heavy atom. The van der Waals surface area contributed by atoms with Crippen molar-refractivity contribution < 1.29 is 0 Å². The molecule has 2 atom stereocenters. The Labute approximate surface area is 135 Å². The van der Waals surface area contributed by atoms with Gasteiger partial charge in [-0.3, -0.25) is 5.32 Å². The van der Waals surface area contributed by atoms with Crippen LogP contribution < -0.4 is 11.1 Å². The SMILES string of the molecule is NCN[C@H]1CC[C@@H](c2ccc(Cl)c(Cl)c2)c2ccccc21. The highest BCUT2D eigenvalue weighted by Gasteiger charge is 2.27. The van der Waals surface area contributed by atoms with Gasteiger partial charge in [-0.25, -0.2) is 0 Å². The van der Waals surface area contributed by atoms with Crippen molar-refractivity contribution >= 4 is 23.2 Å². The lowest BCUT2D eigenvalue weighted by atomic mass is 9.77. The molecule has 0 aliphatic heterocycles. The molecule has 1 aliphatic rings. The minimum absolute atomic E-state index is 0.338. The van der Waals surface area contributed by atoms with Crippen molar-refractivity contribution in [2.75, 3.05) is 6.67 Å². The van der Waals surface area contributed by atoms with Crippen LogP contribution in [0.3, 0.4) is 0 Å². The summed E-state index contributed by atoms with van der Waals surface area (Å²) in [6.07, 6.45) is 2.14. The van der Waals surface area contributed by atoms with Crippen LogP contribution in [0.1, 0.15) is 41.5 Å². The molecule has 2 aromatic carbocycles. The molecule has 0 amide bonds. The summed E-state index contributed by atoms with van der Waals surface area (Å²) in [7, 11) is 0. The van der Waals surface area contributed by atoms with E-state index in [2.05, 4.69) is 35.6 Å². The summed E-state index contributed by atoms with van der Waals surface area (Å²) in [5.41, 5.74) is 9.57. The van der Waals surface area contributed by atoms with Crippen molar-refractivity contribution in [1.29, 1.82) is 0 Å². The lowest BCUT2D eigenvalue weighted by molar-refractivity contribution is 0.447. The van der Waals surface area contributed by atoms with E-state index >= 15 is 0 Å². The molecule has 0 saturated heterocycles. The summed E-state index contributed by atoms with van der Waals surface area (Å²) in [4.78, 5) is 0. The second-order valence-electron chi connectivity index (χ2n) is 5.39. The molecular weight excluding hydrogens is 303 g/mol. The van der Waals surface area contributed by atoms with Gasteiger partial charge in [-0.05, 0) is 41.7 Å². The molecule has 21 heavy (non-hydrogen) atoms. The molecule has 0 radical (unpaired) electrons. The van der Waals surface area contributed by atoms with E-state index in [0.29, 0.717) is 28.7 Å². The fraction of sp³-hybridized carbons (Fsp3) is 0.294. The Kier molecular flexibility index (Phi) is 4.51. The number of nitrogens with one attached hydrogen (secondary N) is 1. The summed E-state index contributed by atoms with van der Waals surface area (Å²) in [5.74, 6) is 0.367. The molecule has 2 nitrogen and oxygen atoms in total. The van der Waals surface area contributed by atoms with Crippen molar-refractivity contribution in [3.05, 3.63) is 69.2 Å². The first-order chi connectivity index (χ1) is 10.2. The average molecular weight is 321 g/mol. The van der Waals surface area contributed by atoms with Crippen LogP contribution in [0.2, 0.25) is 10.0 Å². The van der Waals surface area contributed by atoms with Gasteiger partial charge in [0, 0.05) is 18.6 Å². The number of hydrogen-bond acceptors (Lipinski definition) is 2. The van der Waals surface area contributed by atoms with E-state index in [1.54, 1.807) is 0 Å².